The van der Waals surface area contributed by atoms with E-state index in [1.54, 1.807) is 0 Å². The van der Waals surface area contributed by atoms with E-state index in [2.05, 4.69) is 54.4 Å². The van der Waals surface area contributed by atoms with Gasteiger partial charge in [-0.1, -0.05) is 36.4 Å². The van der Waals surface area contributed by atoms with Crippen LogP contribution in [-0.2, 0) is 6.42 Å². The molecule has 94 valence electrons. The molecule has 0 fully saturated rings. The van der Waals surface area contributed by atoms with Crippen molar-refractivity contribution in [2.45, 2.75) is 13.3 Å². The Labute approximate surface area is 117 Å². The highest BCUT2D eigenvalue weighted by Gasteiger charge is 2.07. The summed E-state index contributed by atoms with van der Waals surface area (Å²) < 4.78 is 0. The third-order valence-electron chi connectivity index (χ3n) is 3.20. The molecule has 1 aromatic carbocycles. The van der Waals surface area contributed by atoms with E-state index in [0.29, 0.717) is 0 Å². The summed E-state index contributed by atoms with van der Waals surface area (Å²) >= 11 is 1.85. The molecule has 3 rings (SSSR count). The summed E-state index contributed by atoms with van der Waals surface area (Å²) in [5, 5.41) is 0. The van der Waals surface area contributed by atoms with Crippen LogP contribution in [0.1, 0.15) is 16.0 Å². The summed E-state index contributed by atoms with van der Waals surface area (Å²) in [7, 11) is 0. The van der Waals surface area contributed by atoms with E-state index in [-0.39, 0.29) is 0 Å². The number of hydrogen-bond donors (Lipinski definition) is 0. The number of thiophene rings is 1. The van der Waals surface area contributed by atoms with Gasteiger partial charge in [-0.05, 0) is 36.6 Å². The zero-order valence-corrected chi connectivity index (χ0v) is 11.7. The first-order valence-electron chi connectivity index (χ1n) is 6.36. The number of aryl methyl sites for hydroxylation is 1. The Morgan fingerprint density at radius 3 is 2.63 bits per heavy atom. The summed E-state index contributed by atoms with van der Waals surface area (Å²) in [5.74, 6) is 0. The summed E-state index contributed by atoms with van der Waals surface area (Å²) in [6, 6.07) is 17.0. The Hall–Kier alpha value is -1.93. The Balaban J connectivity index is 1.90. The maximum absolute atomic E-state index is 4.19. The van der Waals surface area contributed by atoms with Crippen molar-refractivity contribution in [3.8, 4) is 10.4 Å². The molecule has 0 saturated carbocycles. The van der Waals surface area contributed by atoms with Gasteiger partial charge in [0.15, 0.2) is 0 Å². The Kier molecular flexibility index (Phi) is 3.43. The molecule has 0 radical (unpaired) electrons. The maximum atomic E-state index is 4.19. The second-order valence-electron chi connectivity index (χ2n) is 4.60. The van der Waals surface area contributed by atoms with Gasteiger partial charge in [-0.25, -0.2) is 0 Å². The van der Waals surface area contributed by atoms with Gasteiger partial charge in [-0.2, -0.15) is 0 Å². The van der Waals surface area contributed by atoms with Gasteiger partial charge >= 0.3 is 0 Å². The van der Waals surface area contributed by atoms with E-state index in [9.17, 15) is 0 Å². The highest BCUT2D eigenvalue weighted by Crippen LogP contribution is 2.31. The summed E-state index contributed by atoms with van der Waals surface area (Å²) in [6.07, 6.45) is 4.75. The van der Waals surface area contributed by atoms with Crippen LogP contribution in [0, 0.1) is 6.92 Å². The first kappa shape index (κ1) is 12.1. The fraction of sp³-hybridized carbons (Fsp3) is 0.118. The second-order valence-corrected chi connectivity index (χ2v) is 5.85. The Bertz CT molecular complexity index is 656. The normalized spacial score (nSPS) is 10.6. The molecule has 0 unspecified atom stereocenters. The minimum atomic E-state index is 1.00. The fourth-order valence-electron chi connectivity index (χ4n) is 2.16. The summed E-state index contributed by atoms with van der Waals surface area (Å²) in [5.41, 5.74) is 3.98. The van der Waals surface area contributed by atoms with Crippen LogP contribution >= 0.6 is 11.3 Å². The van der Waals surface area contributed by atoms with Crippen LogP contribution in [0.3, 0.4) is 0 Å². The maximum Gasteiger partial charge on any atom is 0.0363 e. The Morgan fingerprint density at radius 1 is 1.05 bits per heavy atom. The predicted molar refractivity (Wildman–Crippen MR) is 81.5 cm³/mol. The first-order valence-corrected chi connectivity index (χ1v) is 7.18. The first-order chi connectivity index (χ1) is 9.33. The molecule has 0 amide bonds. The SMILES string of the molecule is Cc1sc(-c2cccnc2)cc1Cc1ccccc1. The van der Waals surface area contributed by atoms with Crippen molar-refractivity contribution >= 4 is 11.3 Å². The molecule has 2 heteroatoms. The molecule has 1 nitrogen and oxygen atoms in total. The van der Waals surface area contributed by atoms with Crippen molar-refractivity contribution in [1.82, 2.24) is 4.98 Å². The third-order valence-corrected chi connectivity index (χ3v) is 4.35. The average Bonchev–Trinajstić information content (AvgIpc) is 2.82. The molecule has 3 aromatic rings. The van der Waals surface area contributed by atoms with Crippen LogP contribution in [0.5, 0.6) is 0 Å². The number of aromatic nitrogens is 1. The minimum Gasteiger partial charge on any atom is -0.264 e. The standard InChI is InChI=1S/C17H15NS/c1-13-16(10-14-6-3-2-4-7-14)11-17(19-13)15-8-5-9-18-12-15/h2-9,11-12H,10H2,1H3. The number of nitrogens with zero attached hydrogens (tertiary/aromatic N) is 1. The molecule has 0 saturated heterocycles. The molecular formula is C17H15NS. The van der Waals surface area contributed by atoms with Crippen LogP contribution in [0.2, 0.25) is 0 Å². The molecule has 0 bridgehead atoms. The molecule has 2 heterocycles. The van der Waals surface area contributed by atoms with Crippen LogP contribution in [-0.4, -0.2) is 4.98 Å². The van der Waals surface area contributed by atoms with Gasteiger partial charge < -0.3 is 0 Å². The van der Waals surface area contributed by atoms with Crippen molar-refractivity contribution in [2.24, 2.45) is 0 Å². The van der Waals surface area contributed by atoms with Gasteiger partial charge in [-0.15, -0.1) is 11.3 Å². The van der Waals surface area contributed by atoms with Gasteiger partial charge in [0.2, 0.25) is 0 Å². The smallest absolute Gasteiger partial charge is 0.0363 e. The molecule has 2 aromatic heterocycles. The second kappa shape index (κ2) is 5.37. The van der Waals surface area contributed by atoms with Crippen molar-refractivity contribution in [3.63, 3.8) is 0 Å². The lowest BCUT2D eigenvalue weighted by Crippen LogP contribution is -1.86. The lowest BCUT2D eigenvalue weighted by molar-refractivity contribution is 1.19. The van der Waals surface area contributed by atoms with E-state index in [0.717, 1.165) is 6.42 Å². The topological polar surface area (TPSA) is 12.9 Å². The van der Waals surface area contributed by atoms with Crippen molar-refractivity contribution in [3.05, 3.63) is 76.9 Å². The number of pyridine rings is 1. The highest BCUT2D eigenvalue weighted by atomic mass is 32.1. The van der Waals surface area contributed by atoms with Crippen molar-refractivity contribution < 1.29 is 0 Å². The molecule has 0 spiro atoms. The van der Waals surface area contributed by atoms with Crippen molar-refractivity contribution in [1.29, 1.82) is 0 Å². The molecule has 0 atom stereocenters. The van der Waals surface area contributed by atoms with E-state index in [1.807, 2.05) is 29.8 Å². The highest BCUT2D eigenvalue weighted by molar-refractivity contribution is 7.15. The van der Waals surface area contributed by atoms with Gasteiger partial charge in [0.25, 0.3) is 0 Å². The molecule has 0 aliphatic heterocycles. The van der Waals surface area contributed by atoms with Crippen LogP contribution in [0.4, 0.5) is 0 Å². The molecular weight excluding hydrogens is 250 g/mol. The summed E-state index contributed by atoms with van der Waals surface area (Å²) in [4.78, 5) is 6.88. The van der Waals surface area contributed by atoms with Crippen molar-refractivity contribution in [2.75, 3.05) is 0 Å². The van der Waals surface area contributed by atoms with Crippen LogP contribution < -0.4 is 0 Å². The van der Waals surface area contributed by atoms with Gasteiger partial charge in [0.1, 0.15) is 0 Å². The number of rotatable bonds is 3. The molecule has 0 aliphatic rings. The number of hydrogen-bond acceptors (Lipinski definition) is 2. The fourth-order valence-corrected chi connectivity index (χ4v) is 3.19. The van der Waals surface area contributed by atoms with E-state index in [4.69, 9.17) is 0 Å². The zero-order chi connectivity index (χ0) is 13.1. The predicted octanol–water partition coefficient (Wildman–Crippen LogP) is 4.71. The van der Waals surface area contributed by atoms with Gasteiger partial charge in [0.05, 0.1) is 0 Å². The monoisotopic (exact) mass is 265 g/mol. The molecule has 19 heavy (non-hydrogen) atoms. The summed E-state index contributed by atoms with van der Waals surface area (Å²) in [6.45, 7) is 2.20. The lowest BCUT2D eigenvalue weighted by atomic mass is 10.1. The van der Waals surface area contributed by atoms with Gasteiger partial charge in [0, 0.05) is 27.7 Å². The van der Waals surface area contributed by atoms with Crippen LogP contribution in [0.25, 0.3) is 10.4 Å². The number of benzene rings is 1. The third kappa shape index (κ3) is 2.74. The van der Waals surface area contributed by atoms with Crippen LogP contribution in [0.15, 0.2) is 60.9 Å². The lowest BCUT2D eigenvalue weighted by Gasteiger charge is -1.99. The van der Waals surface area contributed by atoms with E-state index in [1.165, 1.54) is 26.4 Å². The zero-order valence-electron chi connectivity index (χ0n) is 10.8. The minimum absolute atomic E-state index is 1.00. The van der Waals surface area contributed by atoms with Gasteiger partial charge in [-0.3, -0.25) is 4.98 Å². The van der Waals surface area contributed by atoms with E-state index < -0.39 is 0 Å². The van der Waals surface area contributed by atoms with E-state index >= 15 is 0 Å². The Morgan fingerprint density at radius 2 is 1.89 bits per heavy atom. The quantitative estimate of drug-likeness (QED) is 0.668. The largest absolute Gasteiger partial charge is 0.264 e. The average molecular weight is 265 g/mol. The molecule has 0 N–H and O–H groups in total. The molecule has 0 aliphatic carbocycles.